The second-order valence-corrected chi connectivity index (χ2v) is 5.30. The van der Waals surface area contributed by atoms with E-state index in [9.17, 15) is 5.11 Å². The van der Waals surface area contributed by atoms with Gasteiger partial charge in [0.05, 0.1) is 6.10 Å². The van der Waals surface area contributed by atoms with Crippen molar-refractivity contribution in [1.82, 2.24) is 0 Å². The molecule has 0 fully saturated rings. The largest absolute Gasteiger partial charge is 0.388 e. The Kier molecular flexibility index (Phi) is 5.75. The number of halogens is 1. The monoisotopic (exact) mass is 276 g/mol. The van der Waals surface area contributed by atoms with E-state index in [4.69, 9.17) is 0 Å². The standard InChI is InChI=1S/C11H17BrOS/c1-2-3-4-5-6-10(13)11-9(12)7-8-14-11/h7-8,10,13H,2-6H2,1H3. The summed E-state index contributed by atoms with van der Waals surface area (Å²) < 4.78 is 1.05. The third-order valence-corrected chi connectivity index (χ3v) is 4.25. The van der Waals surface area contributed by atoms with Gasteiger partial charge in [0, 0.05) is 9.35 Å². The summed E-state index contributed by atoms with van der Waals surface area (Å²) in [6, 6.07) is 2.00. The van der Waals surface area contributed by atoms with Crippen LogP contribution in [0.4, 0.5) is 0 Å². The van der Waals surface area contributed by atoms with Crippen molar-refractivity contribution in [1.29, 1.82) is 0 Å². The number of thiophene rings is 1. The molecule has 1 N–H and O–H groups in total. The number of hydrogen-bond acceptors (Lipinski definition) is 2. The van der Waals surface area contributed by atoms with Gasteiger partial charge in [-0.2, -0.15) is 0 Å². The molecule has 0 aromatic carbocycles. The quantitative estimate of drug-likeness (QED) is 0.758. The summed E-state index contributed by atoms with van der Waals surface area (Å²) in [6.07, 6.45) is 5.49. The van der Waals surface area contributed by atoms with Gasteiger partial charge in [-0.3, -0.25) is 0 Å². The molecule has 80 valence electrons. The summed E-state index contributed by atoms with van der Waals surface area (Å²) >= 11 is 5.06. The highest BCUT2D eigenvalue weighted by Crippen LogP contribution is 2.31. The Balaban J connectivity index is 2.28. The number of unbranched alkanes of at least 4 members (excludes halogenated alkanes) is 3. The van der Waals surface area contributed by atoms with Crippen molar-refractivity contribution >= 4 is 27.3 Å². The highest BCUT2D eigenvalue weighted by atomic mass is 79.9. The third-order valence-electron chi connectivity index (χ3n) is 2.28. The summed E-state index contributed by atoms with van der Waals surface area (Å²) in [5.41, 5.74) is 0. The first-order valence-electron chi connectivity index (χ1n) is 5.16. The van der Waals surface area contributed by atoms with Gasteiger partial charge >= 0.3 is 0 Å². The average molecular weight is 277 g/mol. The van der Waals surface area contributed by atoms with E-state index >= 15 is 0 Å². The Bertz CT molecular complexity index is 260. The number of rotatable bonds is 6. The first-order valence-corrected chi connectivity index (χ1v) is 6.84. The fraction of sp³-hybridized carbons (Fsp3) is 0.636. The molecule has 0 radical (unpaired) electrons. The molecule has 0 saturated carbocycles. The van der Waals surface area contributed by atoms with Crippen LogP contribution in [-0.4, -0.2) is 5.11 Å². The van der Waals surface area contributed by atoms with Crippen molar-refractivity contribution in [2.75, 3.05) is 0 Å². The van der Waals surface area contributed by atoms with Crippen molar-refractivity contribution in [3.05, 3.63) is 20.8 Å². The zero-order valence-electron chi connectivity index (χ0n) is 8.50. The molecule has 14 heavy (non-hydrogen) atoms. The van der Waals surface area contributed by atoms with Crippen LogP contribution in [0.5, 0.6) is 0 Å². The second-order valence-electron chi connectivity index (χ2n) is 3.50. The zero-order valence-corrected chi connectivity index (χ0v) is 10.9. The van der Waals surface area contributed by atoms with Gasteiger partial charge in [0.1, 0.15) is 0 Å². The Hall–Kier alpha value is 0.140. The molecule has 0 amide bonds. The van der Waals surface area contributed by atoms with Gasteiger partial charge < -0.3 is 5.11 Å². The molecular formula is C11H17BrOS. The minimum Gasteiger partial charge on any atom is -0.388 e. The van der Waals surface area contributed by atoms with Crippen molar-refractivity contribution in [3.8, 4) is 0 Å². The van der Waals surface area contributed by atoms with Crippen LogP contribution in [-0.2, 0) is 0 Å². The summed E-state index contributed by atoms with van der Waals surface area (Å²) in [5.74, 6) is 0. The van der Waals surface area contributed by atoms with Crippen LogP contribution in [0.15, 0.2) is 15.9 Å². The SMILES string of the molecule is CCCCCCC(O)c1sccc1Br. The summed E-state index contributed by atoms with van der Waals surface area (Å²) in [5, 5.41) is 11.9. The van der Waals surface area contributed by atoms with Gasteiger partial charge in [-0.05, 0) is 33.8 Å². The third kappa shape index (κ3) is 3.71. The van der Waals surface area contributed by atoms with E-state index in [0.29, 0.717) is 0 Å². The van der Waals surface area contributed by atoms with Crippen molar-refractivity contribution in [3.63, 3.8) is 0 Å². The van der Waals surface area contributed by atoms with Gasteiger partial charge in [-0.25, -0.2) is 0 Å². The van der Waals surface area contributed by atoms with Crippen LogP contribution in [0.25, 0.3) is 0 Å². The molecule has 1 nitrogen and oxygen atoms in total. The van der Waals surface area contributed by atoms with Crippen LogP contribution in [0.3, 0.4) is 0 Å². The summed E-state index contributed by atoms with van der Waals surface area (Å²) in [6.45, 7) is 2.20. The van der Waals surface area contributed by atoms with E-state index in [2.05, 4.69) is 22.9 Å². The van der Waals surface area contributed by atoms with Crippen molar-refractivity contribution < 1.29 is 5.11 Å². The topological polar surface area (TPSA) is 20.2 Å². The maximum Gasteiger partial charge on any atom is 0.0893 e. The maximum absolute atomic E-state index is 9.87. The lowest BCUT2D eigenvalue weighted by atomic mass is 10.1. The average Bonchev–Trinajstić information content (AvgIpc) is 2.59. The lowest BCUT2D eigenvalue weighted by molar-refractivity contribution is 0.166. The van der Waals surface area contributed by atoms with E-state index in [1.807, 2.05) is 11.4 Å². The molecule has 1 aromatic heterocycles. The first kappa shape index (κ1) is 12.2. The van der Waals surface area contributed by atoms with Crippen LogP contribution < -0.4 is 0 Å². The number of aliphatic hydroxyl groups excluding tert-OH is 1. The van der Waals surface area contributed by atoms with Crippen molar-refractivity contribution in [2.45, 2.75) is 45.1 Å². The molecule has 1 aromatic rings. The predicted octanol–water partition coefficient (Wildman–Crippen LogP) is 4.51. The minimum atomic E-state index is -0.277. The van der Waals surface area contributed by atoms with Crippen LogP contribution in [0, 0.1) is 0 Å². The molecule has 1 atom stereocenters. The minimum absolute atomic E-state index is 0.277. The van der Waals surface area contributed by atoms with E-state index in [-0.39, 0.29) is 6.10 Å². The van der Waals surface area contributed by atoms with Crippen LogP contribution >= 0.6 is 27.3 Å². The van der Waals surface area contributed by atoms with Gasteiger partial charge in [-0.1, -0.05) is 32.6 Å². The fourth-order valence-electron chi connectivity index (χ4n) is 1.44. The molecule has 0 saturated heterocycles. The van der Waals surface area contributed by atoms with E-state index in [1.54, 1.807) is 11.3 Å². The summed E-state index contributed by atoms with van der Waals surface area (Å²) in [7, 11) is 0. The lowest BCUT2D eigenvalue weighted by Gasteiger charge is -2.08. The molecule has 0 bridgehead atoms. The van der Waals surface area contributed by atoms with Crippen LogP contribution in [0.2, 0.25) is 0 Å². The highest BCUT2D eigenvalue weighted by Gasteiger charge is 2.11. The van der Waals surface area contributed by atoms with Crippen LogP contribution in [0.1, 0.15) is 50.0 Å². The predicted molar refractivity (Wildman–Crippen MR) is 65.7 cm³/mol. The van der Waals surface area contributed by atoms with Gasteiger partial charge in [0.25, 0.3) is 0 Å². The highest BCUT2D eigenvalue weighted by molar-refractivity contribution is 9.10. The molecule has 1 heterocycles. The molecule has 0 aliphatic heterocycles. The van der Waals surface area contributed by atoms with E-state index in [0.717, 1.165) is 22.2 Å². The molecule has 1 rings (SSSR count). The Morgan fingerprint density at radius 2 is 2.21 bits per heavy atom. The number of hydrogen-bond donors (Lipinski definition) is 1. The lowest BCUT2D eigenvalue weighted by Crippen LogP contribution is -1.95. The normalized spacial score (nSPS) is 13.1. The van der Waals surface area contributed by atoms with Gasteiger partial charge in [-0.15, -0.1) is 11.3 Å². The fourth-order valence-corrected chi connectivity index (χ4v) is 3.10. The maximum atomic E-state index is 9.87. The zero-order chi connectivity index (χ0) is 10.4. The molecule has 1 unspecified atom stereocenters. The van der Waals surface area contributed by atoms with E-state index < -0.39 is 0 Å². The number of aliphatic hydroxyl groups is 1. The summed E-state index contributed by atoms with van der Waals surface area (Å²) in [4.78, 5) is 1.07. The molecule has 0 spiro atoms. The molecule has 0 aliphatic rings. The van der Waals surface area contributed by atoms with Gasteiger partial charge in [0.2, 0.25) is 0 Å². The smallest absolute Gasteiger partial charge is 0.0893 e. The molecule has 3 heteroatoms. The Morgan fingerprint density at radius 1 is 1.43 bits per heavy atom. The van der Waals surface area contributed by atoms with E-state index in [1.165, 1.54) is 19.3 Å². The Morgan fingerprint density at radius 3 is 2.79 bits per heavy atom. The molecular weight excluding hydrogens is 260 g/mol. The first-order chi connectivity index (χ1) is 6.75. The Labute approximate surface area is 98.3 Å². The second kappa shape index (κ2) is 6.59. The van der Waals surface area contributed by atoms with Crippen molar-refractivity contribution in [2.24, 2.45) is 0 Å². The molecule has 0 aliphatic carbocycles. The van der Waals surface area contributed by atoms with Gasteiger partial charge in [0.15, 0.2) is 0 Å².